The lowest BCUT2D eigenvalue weighted by Crippen LogP contribution is -2.20. The van der Waals surface area contributed by atoms with Crippen LogP contribution in [-0.4, -0.2) is 16.2 Å². The van der Waals surface area contributed by atoms with Gasteiger partial charge in [0.1, 0.15) is 0 Å². The summed E-state index contributed by atoms with van der Waals surface area (Å²) in [4.78, 5) is 24.7. The van der Waals surface area contributed by atoms with Gasteiger partial charge in [-0.15, -0.1) is 0 Å². The molecule has 4 aromatic rings. The number of rotatable bonds is 4. The van der Waals surface area contributed by atoms with E-state index in [1.165, 1.54) is 6.07 Å². The van der Waals surface area contributed by atoms with Gasteiger partial charge in [-0.2, -0.15) is 5.10 Å². The summed E-state index contributed by atoms with van der Waals surface area (Å²) in [5.41, 5.74) is 1.99. The van der Waals surface area contributed by atoms with Gasteiger partial charge in [0.25, 0.3) is 5.56 Å². The molecule has 0 unspecified atom stereocenters. The molecule has 0 aliphatic carbocycles. The summed E-state index contributed by atoms with van der Waals surface area (Å²) in [5.74, 6) is 0. The van der Waals surface area contributed by atoms with Gasteiger partial charge in [-0.25, -0.2) is 9.89 Å². The molecule has 0 saturated heterocycles. The summed E-state index contributed by atoms with van der Waals surface area (Å²) in [6.07, 6.45) is 0.397. The van der Waals surface area contributed by atoms with E-state index < -0.39 is 6.03 Å². The number of amides is 2. The lowest BCUT2D eigenvalue weighted by molar-refractivity contribution is 0.262. The molecule has 162 valence electrons. The van der Waals surface area contributed by atoms with E-state index in [1.54, 1.807) is 42.5 Å². The minimum absolute atomic E-state index is 0.322. The molecule has 2 amide bonds. The Kier molecular flexibility index (Phi) is 6.58. The number of nitrogens with one attached hydrogen (secondary N) is 3. The number of aromatic nitrogens is 2. The highest BCUT2D eigenvalue weighted by molar-refractivity contribution is 6.42. The largest absolute Gasteiger partial charge is 0.323 e. The van der Waals surface area contributed by atoms with Gasteiger partial charge in [-0.1, -0.05) is 58.5 Å². The molecule has 10 heteroatoms. The number of aromatic amines is 1. The topological polar surface area (TPSA) is 86.9 Å². The van der Waals surface area contributed by atoms with Crippen LogP contribution < -0.4 is 16.2 Å². The van der Waals surface area contributed by atoms with Crippen molar-refractivity contribution in [3.8, 4) is 0 Å². The van der Waals surface area contributed by atoms with E-state index in [1.807, 2.05) is 6.07 Å². The molecular formula is C22H14Cl4N4O2. The zero-order chi connectivity index (χ0) is 22.8. The van der Waals surface area contributed by atoms with Crippen LogP contribution in [0.15, 0.2) is 59.4 Å². The maximum absolute atomic E-state index is 12.4. The van der Waals surface area contributed by atoms with Gasteiger partial charge in [0.2, 0.25) is 0 Å². The Morgan fingerprint density at radius 2 is 1.53 bits per heavy atom. The molecule has 0 fully saturated rings. The van der Waals surface area contributed by atoms with Gasteiger partial charge >= 0.3 is 6.03 Å². The number of hydrogen-bond donors (Lipinski definition) is 3. The van der Waals surface area contributed by atoms with Crippen LogP contribution >= 0.6 is 46.4 Å². The Hall–Kier alpha value is -2.77. The number of benzene rings is 3. The van der Waals surface area contributed by atoms with E-state index in [-0.39, 0.29) is 5.56 Å². The standard InChI is InChI=1S/C22H14Cl4N4O2/c23-12-2-1-11(18(25)8-12)7-20-15-5-3-13(9-16(15)21(31)30-29-20)27-22(32)28-14-4-6-17(24)19(26)10-14/h1-6,8-10H,7H2,(H,30,31)(H2,27,28,32). The van der Waals surface area contributed by atoms with Crippen molar-refractivity contribution in [2.24, 2.45) is 0 Å². The van der Waals surface area contributed by atoms with Gasteiger partial charge in [0.15, 0.2) is 0 Å². The Balaban J connectivity index is 1.58. The summed E-state index contributed by atoms with van der Waals surface area (Å²) in [5, 5.41) is 14.8. The zero-order valence-electron chi connectivity index (χ0n) is 16.2. The summed E-state index contributed by atoms with van der Waals surface area (Å²) in [6.45, 7) is 0. The van der Waals surface area contributed by atoms with Gasteiger partial charge in [-0.05, 0) is 48.0 Å². The lowest BCUT2D eigenvalue weighted by atomic mass is 10.0. The molecule has 1 aromatic heterocycles. The van der Waals surface area contributed by atoms with Crippen LogP contribution in [-0.2, 0) is 6.42 Å². The molecule has 0 aliphatic rings. The second kappa shape index (κ2) is 9.38. The summed E-state index contributed by atoms with van der Waals surface area (Å²) < 4.78 is 0. The first kappa shape index (κ1) is 22.4. The Morgan fingerprint density at radius 1 is 0.812 bits per heavy atom. The zero-order valence-corrected chi connectivity index (χ0v) is 19.2. The van der Waals surface area contributed by atoms with E-state index in [9.17, 15) is 9.59 Å². The van der Waals surface area contributed by atoms with Gasteiger partial charge in [0, 0.05) is 33.2 Å². The molecule has 0 atom stereocenters. The van der Waals surface area contributed by atoms with Gasteiger partial charge in [0.05, 0.1) is 21.1 Å². The van der Waals surface area contributed by atoms with Crippen molar-refractivity contribution >= 4 is 74.6 Å². The molecule has 4 rings (SSSR count). The molecule has 6 nitrogen and oxygen atoms in total. The van der Waals surface area contributed by atoms with Crippen molar-refractivity contribution in [1.29, 1.82) is 0 Å². The summed E-state index contributed by atoms with van der Waals surface area (Å²) in [6, 6.07) is 14.4. The Morgan fingerprint density at radius 3 is 2.25 bits per heavy atom. The normalized spacial score (nSPS) is 10.9. The molecule has 32 heavy (non-hydrogen) atoms. The molecule has 0 saturated carbocycles. The predicted molar refractivity (Wildman–Crippen MR) is 131 cm³/mol. The third kappa shape index (κ3) is 5.00. The van der Waals surface area contributed by atoms with Crippen LogP contribution in [0.4, 0.5) is 16.2 Å². The van der Waals surface area contributed by atoms with Crippen LogP contribution in [0.3, 0.4) is 0 Å². The van der Waals surface area contributed by atoms with E-state index in [0.717, 1.165) is 5.56 Å². The van der Waals surface area contributed by atoms with Crippen molar-refractivity contribution in [1.82, 2.24) is 10.2 Å². The molecular weight excluding hydrogens is 494 g/mol. The number of H-pyrrole nitrogens is 1. The molecule has 3 N–H and O–H groups in total. The number of halogens is 4. The average molecular weight is 508 g/mol. The van der Waals surface area contributed by atoms with Gasteiger partial charge in [-0.3, -0.25) is 4.79 Å². The van der Waals surface area contributed by atoms with Crippen LogP contribution in [0.25, 0.3) is 10.8 Å². The highest BCUT2D eigenvalue weighted by Gasteiger charge is 2.12. The number of hydrogen-bond acceptors (Lipinski definition) is 3. The molecule has 0 radical (unpaired) electrons. The van der Waals surface area contributed by atoms with E-state index in [0.29, 0.717) is 54.4 Å². The van der Waals surface area contributed by atoms with Crippen LogP contribution in [0, 0.1) is 0 Å². The summed E-state index contributed by atoms with van der Waals surface area (Å²) in [7, 11) is 0. The number of carbonyl (C=O) groups is 1. The number of fused-ring (bicyclic) bond motifs is 1. The fourth-order valence-electron chi connectivity index (χ4n) is 3.15. The van der Waals surface area contributed by atoms with Crippen molar-refractivity contribution < 1.29 is 4.79 Å². The average Bonchev–Trinajstić information content (AvgIpc) is 2.74. The monoisotopic (exact) mass is 506 g/mol. The minimum atomic E-state index is -0.499. The fourth-order valence-corrected chi connectivity index (χ4v) is 3.92. The Labute approximate surface area is 202 Å². The first-order valence-electron chi connectivity index (χ1n) is 9.28. The minimum Gasteiger partial charge on any atom is -0.308 e. The second-order valence-corrected chi connectivity index (χ2v) is 8.54. The third-order valence-electron chi connectivity index (χ3n) is 4.68. The Bertz CT molecular complexity index is 1400. The summed E-state index contributed by atoms with van der Waals surface area (Å²) >= 11 is 24.1. The molecule has 0 bridgehead atoms. The number of nitrogens with zero attached hydrogens (tertiary/aromatic N) is 1. The number of urea groups is 1. The smallest absolute Gasteiger partial charge is 0.308 e. The van der Waals surface area contributed by atoms with Crippen molar-refractivity contribution in [2.75, 3.05) is 10.6 Å². The number of carbonyl (C=O) groups excluding carboxylic acids is 1. The molecule has 0 spiro atoms. The first-order valence-corrected chi connectivity index (χ1v) is 10.8. The predicted octanol–water partition coefficient (Wildman–Crippen LogP) is 6.77. The van der Waals surface area contributed by atoms with E-state index in [2.05, 4.69) is 20.8 Å². The highest BCUT2D eigenvalue weighted by Crippen LogP contribution is 2.27. The maximum Gasteiger partial charge on any atom is 0.323 e. The first-order chi connectivity index (χ1) is 15.3. The van der Waals surface area contributed by atoms with Crippen LogP contribution in [0.5, 0.6) is 0 Å². The highest BCUT2D eigenvalue weighted by atomic mass is 35.5. The third-order valence-corrected chi connectivity index (χ3v) is 6.00. The molecule has 1 heterocycles. The van der Waals surface area contributed by atoms with Crippen molar-refractivity contribution in [2.45, 2.75) is 6.42 Å². The SMILES string of the molecule is O=C(Nc1ccc(Cl)c(Cl)c1)Nc1ccc2c(Cc3ccc(Cl)cc3Cl)n[nH]c(=O)c2c1. The lowest BCUT2D eigenvalue weighted by Gasteiger charge is -2.11. The quantitative estimate of drug-likeness (QED) is 0.284. The molecule has 3 aromatic carbocycles. The number of anilines is 2. The van der Waals surface area contributed by atoms with Crippen molar-refractivity contribution in [3.63, 3.8) is 0 Å². The van der Waals surface area contributed by atoms with Crippen LogP contribution in [0.1, 0.15) is 11.3 Å². The van der Waals surface area contributed by atoms with Gasteiger partial charge < -0.3 is 10.6 Å². The van der Waals surface area contributed by atoms with Crippen molar-refractivity contribution in [3.05, 3.63) is 96.3 Å². The second-order valence-electron chi connectivity index (χ2n) is 6.88. The van der Waals surface area contributed by atoms with Crippen LogP contribution in [0.2, 0.25) is 20.1 Å². The van der Waals surface area contributed by atoms with E-state index in [4.69, 9.17) is 46.4 Å². The maximum atomic E-state index is 12.4. The van der Waals surface area contributed by atoms with E-state index >= 15 is 0 Å². The molecule has 0 aliphatic heterocycles. The fraction of sp³-hybridized carbons (Fsp3) is 0.0455.